The highest BCUT2D eigenvalue weighted by atomic mass is 79.9. The fourth-order valence-corrected chi connectivity index (χ4v) is 3.26. The van der Waals surface area contributed by atoms with Gasteiger partial charge in [-0.3, -0.25) is 10.7 Å². The molecule has 0 unspecified atom stereocenters. The second kappa shape index (κ2) is 8.99. The molecule has 5 nitrogen and oxygen atoms in total. The highest BCUT2D eigenvalue weighted by Crippen LogP contribution is 2.28. The van der Waals surface area contributed by atoms with Gasteiger partial charge in [0.1, 0.15) is 5.60 Å². The summed E-state index contributed by atoms with van der Waals surface area (Å²) in [6.45, 7) is 12.3. The monoisotopic (exact) mass is 459 g/mol. The zero-order valence-corrected chi connectivity index (χ0v) is 19.5. The second-order valence-electron chi connectivity index (χ2n) is 9.03. The second-order valence-corrected chi connectivity index (χ2v) is 9.95. The first-order valence-corrected chi connectivity index (χ1v) is 10.4. The lowest BCUT2D eigenvalue weighted by Gasteiger charge is -2.20. The summed E-state index contributed by atoms with van der Waals surface area (Å²) < 4.78 is 6.11. The van der Waals surface area contributed by atoms with Gasteiger partial charge >= 0.3 is 6.09 Å². The van der Waals surface area contributed by atoms with Crippen molar-refractivity contribution in [2.45, 2.75) is 59.1 Å². The minimum absolute atomic E-state index is 0.102. The Kier molecular flexibility index (Phi) is 7.11. The molecule has 0 spiro atoms. The molecular formula is C23H30BrN3O2. The Morgan fingerprint density at radius 3 is 2.17 bits per heavy atom. The van der Waals surface area contributed by atoms with E-state index in [2.05, 4.69) is 83.7 Å². The number of amides is 1. The fourth-order valence-electron chi connectivity index (χ4n) is 2.72. The summed E-state index contributed by atoms with van der Waals surface area (Å²) in [5.41, 5.74) is 4.01. The molecule has 0 atom stereocenters. The number of halogens is 1. The van der Waals surface area contributed by atoms with Gasteiger partial charge in [0.05, 0.1) is 0 Å². The summed E-state index contributed by atoms with van der Waals surface area (Å²) in [6, 6.07) is 14.7. The first kappa shape index (κ1) is 22.9. The molecule has 29 heavy (non-hydrogen) atoms. The van der Waals surface area contributed by atoms with E-state index in [9.17, 15) is 4.79 Å². The molecule has 0 aliphatic rings. The van der Waals surface area contributed by atoms with E-state index in [4.69, 9.17) is 10.1 Å². The van der Waals surface area contributed by atoms with Crippen LogP contribution in [0.2, 0.25) is 0 Å². The SMILES string of the molecule is CC(C)(C)OC(=O)NC(=N)NCc1cc(Br)cc(-c2ccc(C(C)(C)C)cc2)c1. The number of hydrogen-bond acceptors (Lipinski definition) is 3. The van der Waals surface area contributed by atoms with Crippen molar-refractivity contribution in [3.05, 3.63) is 58.1 Å². The Bertz CT molecular complexity index is 878. The van der Waals surface area contributed by atoms with Crippen molar-refractivity contribution in [3.63, 3.8) is 0 Å². The molecule has 6 heteroatoms. The Labute approximate surface area is 181 Å². The van der Waals surface area contributed by atoms with Crippen molar-refractivity contribution in [3.8, 4) is 11.1 Å². The van der Waals surface area contributed by atoms with Crippen LogP contribution in [0.15, 0.2) is 46.9 Å². The van der Waals surface area contributed by atoms with Crippen LogP contribution in [0.4, 0.5) is 4.79 Å². The van der Waals surface area contributed by atoms with E-state index in [1.807, 2.05) is 6.07 Å². The Balaban J connectivity index is 2.05. The Morgan fingerprint density at radius 1 is 1.00 bits per heavy atom. The molecule has 0 saturated heterocycles. The number of nitrogens with one attached hydrogen (secondary N) is 3. The zero-order chi connectivity index (χ0) is 21.8. The number of hydrogen-bond donors (Lipinski definition) is 3. The van der Waals surface area contributed by atoms with E-state index in [1.54, 1.807) is 20.8 Å². The molecule has 0 aliphatic carbocycles. The number of alkyl carbamates (subject to hydrolysis) is 1. The smallest absolute Gasteiger partial charge is 0.414 e. The normalized spacial score (nSPS) is 11.7. The van der Waals surface area contributed by atoms with Crippen LogP contribution in [0.1, 0.15) is 52.7 Å². The van der Waals surface area contributed by atoms with E-state index in [-0.39, 0.29) is 11.4 Å². The molecule has 2 rings (SSSR count). The van der Waals surface area contributed by atoms with Gasteiger partial charge in [-0.15, -0.1) is 0 Å². The van der Waals surface area contributed by atoms with E-state index in [1.165, 1.54) is 5.56 Å². The molecule has 2 aromatic rings. The minimum Gasteiger partial charge on any atom is -0.444 e. The van der Waals surface area contributed by atoms with Crippen molar-refractivity contribution in [1.29, 1.82) is 5.41 Å². The van der Waals surface area contributed by atoms with Gasteiger partial charge in [-0.2, -0.15) is 0 Å². The molecule has 0 aromatic heterocycles. The summed E-state index contributed by atoms with van der Waals surface area (Å²) in [5, 5.41) is 13.2. The van der Waals surface area contributed by atoms with Crippen LogP contribution in [0, 0.1) is 5.41 Å². The van der Waals surface area contributed by atoms with E-state index in [0.717, 1.165) is 21.2 Å². The van der Waals surface area contributed by atoms with Crippen molar-refractivity contribution < 1.29 is 9.53 Å². The molecular weight excluding hydrogens is 430 g/mol. The topological polar surface area (TPSA) is 74.2 Å². The lowest BCUT2D eigenvalue weighted by atomic mass is 9.86. The molecule has 2 aromatic carbocycles. The first-order chi connectivity index (χ1) is 13.3. The maximum Gasteiger partial charge on any atom is 0.414 e. The third kappa shape index (κ3) is 7.54. The molecule has 0 heterocycles. The lowest BCUT2D eigenvalue weighted by Crippen LogP contribution is -2.42. The minimum atomic E-state index is -0.649. The standard InChI is InChI=1S/C23H30BrN3O2/c1-22(2,3)18-9-7-16(8-10-18)17-11-15(12-19(24)13-17)14-26-20(25)27-21(28)29-23(4,5)6/h7-13H,14H2,1-6H3,(H3,25,26,27,28). The van der Waals surface area contributed by atoms with Crippen LogP contribution < -0.4 is 10.6 Å². The van der Waals surface area contributed by atoms with Crippen LogP contribution in [-0.4, -0.2) is 17.7 Å². The van der Waals surface area contributed by atoms with Gasteiger partial charge in [-0.05, 0) is 66.6 Å². The lowest BCUT2D eigenvalue weighted by molar-refractivity contribution is 0.0561. The highest BCUT2D eigenvalue weighted by Gasteiger charge is 2.17. The molecule has 0 radical (unpaired) electrons. The van der Waals surface area contributed by atoms with Crippen LogP contribution >= 0.6 is 15.9 Å². The number of carbonyl (C=O) groups is 1. The predicted molar refractivity (Wildman–Crippen MR) is 122 cm³/mol. The number of guanidine groups is 1. The van der Waals surface area contributed by atoms with Gasteiger partial charge in [-0.25, -0.2) is 4.79 Å². The largest absolute Gasteiger partial charge is 0.444 e. The van der Waals surface area contributed by atoms with Crippen LogP contribution in [-0.2, 0) is 16.7 Å². The van der Waals surface area contributed by atoms with Crippen LogP contribution in [0.25, 0.3) is 11.1 Å². The van der Waals surface area contributed by atoms with Gasteiger partial charge in [-0.1, -0.05) is 61.0 Å². The summed E-state index contributed by atoms with van der Waals surface area (Å²) >= 11 is 3.57. The summed E-state index contributed by atoms with van der Waals surface area (Å²) in [4.78, 5) is 11.7. The van der Waals surface area contributed by atoms with Crippen molar-refractivity contribution in [2.24, 2.45) is 0 Å². The number of benzene rings is 2. The maximum absolute atomic E-state index is 11.7. The highest BCUT2D eigenvalue weighted by molar-refractivity contribution is 9.10. The van der Waals surface area contributed by atoms with Gasteiger partial charge in [0.25, 0.3) is 0 Å². The molecule has 0 fully saturated rings. The molecule has 3 N–H and O–H groups in total. The zero-order valence-electron chi connectivity index (χ0n) is 17.9. The molecule has 0 aliphatic heterocycles. The first-order valence-electron chi connectivity index (χ1n) is 9.56. The fraction of sp³-hybridized carbons (Fsp3) is 0.391. The van der Waals surface area contributed by atoms with Gasteiger partial charge < -0.3 is 10.1 Å². The van der Waals surface area contributed by atoms with Gasteiger partial charge in [0.2, 0.25) is 0 Å². The van der Waals surface area contributed by atoms with Gasteiger partial charge in [0.15, 0.2) is 5.96 Å². The molecule has 0 saturated carbocycles. The Hall–Kier alpha value is -2.34. The third-order valence-electron chi connectivity index (χ3n) is 4.14. The average Bonchev–Trinajstić information content (AvgIpc) is 2.57. The molecule has 0 bridgehead atoms. The van der Waals surface area contributed by atoms with Crippen molar-refractivity contribution in [1.82, 2.24) is 10.6 Å². The third-order valence-corrected chi connectivity index (χ3v) is 4.59. The molecule has 1 amide bonds. The number of rotatable bonds is 3. The van der Waals surface area contributed by atoms with E-state index < -0.39 is 11.7 Å². The predicted octanol–water partition coefficient (Wildman–Crippen LogP) is 5.96. The Morgan fingerprint density at radius 2 is 1.62 bits per heavy atom. The van der Waals surface area contributed by atoms with E-state index in [0.29, 0.717) is 6.54 Å². The summed E-state index contributed by atoms with van der Waals surface area (Å²) in [5.74, 6) is -0.102. The van der Waals surface area contributed by atoms with Crippen molar-refractivity contribution in [2.75, 3.05) is 0 Å². The van der Waals surface area contributed by atoms with Crippen LogP contribution in [0.3, 0.4) is 0 Å². The van der Waals surface area contributed by atoms with E-state index >= 15 is 0 Å². The maximum atomic E-state index is 11.7. The molecule has 156 valence electrons. The number of ether oxygens (including phenoxy) is 1. The number of carbonyl (C=O) groups excluding carboxylic acids is 1. The quantitative estimate of drug-likeness (QED) is 0.391. The van der Waals surface area contributed by atoms with Gasteiger partial charge in [0, 0.05) is 11.0 Å². The summed E-state index contributed by atoms with van der Waals surface area (Å²) in [7, 11) is 0. The average molecular weight is 460 g/mol. The van der Waals surface area contributed by atoms with Crippen molar-refractivity contribution >= 4 is 28.0 Å². The summed E-state index contributed by atoms with van der Waals surface area (Å²) in [6.07, 6.45) is -0.649. The van der Waals surface area contributed by atoms with Crippen LogP contribution in [0.5, 0.6) is 0 Å².